The monoisotopic (exact) mass is 282 g/mol. The third kappa shape index (κ3) is 3.47. The first kappa shape index (κ1) is 15.0. The second kappa shape index (κ2) is 5.73. The van der Waals surface area contributed by atoms with Gasteiger partial charge in [-0.05, 0) is 25.1 Å². The highest BCUT2D eigenvalue weighted by atomic mass is 32.2. The number of benzene rings is 1. The van der Waals surface area contributed by atoms with Crippen molar-refractivity contribution < 1.29 is 17.9 Å². The van der Waals surface area contributed by atoms with Gasteiger partial charge in [0.15, 0.2) is 0 Å². The van der Waals surface area contributed by atoms with Crippen molar-refractivity contribution in [1.29, 1.82) is 0 Å². The number of hydrogen-bond donors (Lipinski definition) is 2. The lowest BCUT2D eigenvalue weighted by Gasteiger charge is -2.12. The van der Waals surface area contributed by atoms with Gasteiger partial charge in [0, 0.05) is 5.69 Å². The highest BCUT2D eigenvalue weighted by Gasteiger charge is 2.24. The van der Waals surface area contributed by atoms with Gasteiger partial charge in [-0.15, -0.1) is 6.42 Å². The normalized spacial score (nSPS) is 12.5. The maximum atomic E-state index is 12.1. The van der Waals surface area contributed by atoms with Crippen LogP contribution in [0.4, 0.5) is 5.69 Å². The van der Waals surface area contributed by atoms with Crippen molar-refractivity contribution in [3.63, 3.8) is 0 Å². The van der Waals surface area contributed by atoms with Gasteiger partial charge >= 0.3 is 5.97 Å². The zero-order valence-corrected chi connectivity index (χ0v) is 11.3. The molecule has 0 aliphatic carbocycles. The minimum atomic E-state index is -3.95. The third-order valence-electron chi connectivity index (χ3n) is 2.28. The molecule has 7 heteroatoms. The Kier molecular flexibility index (Phi) is 4.53. The predicted octanol–water partition coefficient (Wildman–Crippen LogP) is 0.355. The van der Waals surface area contributed by atoms with Crippen molar-refractivity contribution in [3.05, 3.63) is 23.8 Å². The highest BCUT2D eigenvalue weighted by molar-refractivity contribution is 7.89. The van der Waals surface area contributed by atoms with E-state index in [-0.39, 0.29) is 16.1 Å². The summed E-state index contributed by atoms with van der Waals surface area (Å²) in [6, 6.07) is 3.17. The van der Waals surface area contributed by atoms with E-state index in [4.69, 9.17) is 12.2 Å². The molecule has 3 N–H and O–H groups in total. The van der Waals surface area contributed by atoms with E-state index in [1.807, 2.05) is 0 Å². The van der Waals surface area contributed by atoms with Crippen LogP contribution in [0.25, 0.3) is 0 Å². The van der Waals surface area contributed by atoms with Gasteiger partial charge in [-0.2, -0.15) is 4.72 Å². The largest absolute Gasteiger partial charge is 0.465 e. The zero-order chi connectivity index (χ0) is 14.6. The number of methoxy groups -OCH3 is 1. The summed E-state index contributed by atoms with van der Waals surface area (Å²) in [5.41, 5.74) is 5.65. The molecule has 0 bridgehead atoms. The Hall–Kier alpha value is -2.04. The van der Waals surface area contributed by atoms with Gasteiger partial charge in [0.1, 0.15) is 0 Å². The summed E-state index contributed by atoms with van der Waals surface area (Å²) >= 11 is 0. The van der Waals surface area contributed by atoms with Gasteiger partial charge in [0.2, 0.25) is 10.0 Å². The van der Waals surface area contributed by atoms with Crippen molar-refractivity contribution in [1.82, 2.24) is 4.72 Å². The maximum Gasteiger partial charge on any atom is 0.339 e. The fourth-order valence-corrected chi connectivity index (χ4v) is 2.76. The molecule has 0 heterocycles. The molecule has 0 spiro atoms. The molecule has 0 radical (unpaired) electrons. The lowest BCUT2D eigenvalue weighted by Crippen LogP contribution is -2.32. The quantitative estimate of drug-likeness (QED) is 0.472. The average Bonchev–Trinajstić information content (AvgIpc) is 2.37. The predicted molar refractivity (Wildman–Crippen MR) is 70.8 cm³/mol. The number of hydrogen-bond acceptors (Lipinski definition) is 5. The molecule has 1 rings (SSSR count). The van der Waals surface area contributed by atoms with E-state index in [1.54, 1.807) is 0 Å². The number of sulfonamides is 1. The van der Waals surface area contributed by atoms with Crippen LogP contribution in [0.15, 0.2) is 23.1 Å². The first-order valence-electron chi connectivity index (χ1n) is 5.28. The number of nitrogens with two attached hydrogens (primary N) is 1. The van der Waals surface area contributed by atoms with Crippen LogP contribution in [0, 0.1) is 12.3 Å². The van der Waals surface area contributed by atoms with E-state index < -0.39 is 22.0 Å². The number of carbonyl (C=O) groups is 1. The number of nitrogens with one attached hydrogen (secondary N) is 1. The molecule has 0 amide bonds. The SMILES string of the molecule is C#CC(C)NS(=O)(=O)c1cc(N)ccc1C(=O)OC. The van der Waals surface area contributed by atoms with Crippen LogP contribution in [0.2, 0.25) is 0 Å². The number of ether oxygens (including phenoxy) is 1. The Bertz CT molecular complexity index is 632. The Morgan fingerprint density at radius 1 is 1.53 bits per heavy atom. The molecule has 0 aliphatic rings. The standard InChI is InChI=1S/C12H14N2O4S/c1-4-8(2)14-19(16,17)11-7-9(13)5-6-10(11)12(15)18-3/h1,5-8,14H,13H2,2-3H3. The summed E-state index contributed by atoms with van der Waals surface area (Å²) in [4.78, 5) is 11.3. The van der Waals surface area contributed by atoms with Crippen LogP contribution in [0.3, 0.4) is 0 Å². The molecule has 0 aromatic heterocycles. The fraction of sp³-hybridized carbons (Fsp3) is 0.250. The molecule has 6 nitrogen and oxygen atoms in total. The van der Waals surface area contributed by atoms with Crippen LogP contribution in [0.5, 0.6) is 0 Å². The molecule has 0 fully saturated rings. The lowest BCUT2D eigenvalue weighted by atomic mass is 10.2. The van der Waals surface area contributed by atoms with E-state index in [1.165, 1.54) is 25.1 Å². The number of anilines is 1. The van der Waals surface area contributed by atoms with E-state index in [0.29, 0.717) is 0 Å². The smallest absolute Gasteiger partial charge is 0.339 e. The molecule has 0 saturated carbocycles. The minimum absolute atomic E-state index is 0.103. The number of terminal acetylenes is 1. The van der Waals surface area contributed by atoms with Crippen molar-refractivity contribution in [2.24, 2.45) is 0 Å². The maximum absolute atomic E-state index is 12.1. The number of nitrogen functional groups attached to an aromatic ring is 1. The summed E-state index contributed by atoms with van der Waals surface area (Å²) in [7, 11) is -2.79. The van der Waals surface area contributed by atoms with E-state index >= 15 is 0 Å². The Labute approximate surface area is 112 Å². The summed E-state index contributed by atoms with van der Waals surface area (Å²) in [5.74, 6) is 1.46. The number of rotatable bonds is 4. The first-order valence-corrected chi connectivity index (χ1v) is 6.76. The van der Waals surface area contributed by atoms with E-state index in [2.05, 4.69) is 15.4 Å². The van der Waals surface area contributed by atoms with Gasteiger partial charge in [0.05, 0.1) is 23.6 Å². The molecule has 1 aromatic carbocycles. The van der Waals surface area contributed by atoms with Crippen molar-refractivity contribution in [2.45, 2.75) is 17.9 Å². The number of carbonyl (C=O) groups excluding carboxylic acids is 1. The topological polar surface area (TPSA) is 98.5 Å². The fourth-order valence-electron chi connectivity index (χ4n) is 1.37. The van der Waals surface area contributed by atoms with Crippen LogP contribution in [-0.2, 0) is 14.8 Å². The van der Waals surface area contributed by atoms with Gasteiger partial charge in [-0.3, -0.25) is 0 Å². The van der Waals surface area contributed by atoms with Crippen LogP contribution in [0.1, 0.15) is 17.3 Å². The van der Waals surface area contributed by atoms with Crippen molar-refractivity contribution in [3.8, 4) is 12.3 Å². The minimum Gasteiger partial charge on any atom is -0.465 e. The highest BCUT2D eigenvalue weighted by Crippen LogP contribution is 2.20. The summed E-state index contributed by atoms with van der Waals surface area (Å²) in [6.45, 7) is 1.50. The van der Waals surface area contributed by atoms with Crippen molar-refractivity contribution in [2.75, 3.05) is 12.8 Å². The summed E-state index contributed by atoms with van der Waals surface area (Å²) in [6.07, 6.45) is 5.12. The zero-order valence-electron chi connectivity index (χ0n) is 10.5. The Morgan fingerprint density at radius 2 is 2.16 bits per heavy atom. The molecule has 102 valence electrons. The van der Waals surface area contributed by atoms with Gasteiger partial charge < -0.3 is 10.5 Å². The average molecular weight is 282 g/mol. The molecule has 1 unspecified atom stereocenters. The first-order chi connectivity index (χ1) is 8.81. The molecule has 1 aromatic rings. The Morgan fingerprint density at radius 3 is 2.68 bits per heavy atom. The van der Waals surface area contributed by atoms with Gasteiger partial charge in [0.25, 0.3) is 0 Å². The van der Waals surface area contributed by atoms with Gasteiger partial charge in [-0.25, -0.2) is 13.2 Å². The van der Waals surface area contributed by atoms with Crippen LogP contribution >= 0.6 is 0 Å². The molecule has 1 atom stereocenters. The van der Waals surface area contributed by atoms with Crippen LogP contribution < -0.4 is 10.5 Å². The molecule has 0 saturated heterocycles. The van der Waals surface area contributed by atoms with E-state index in [0.717, 1.165) is 7.11 Å². The van der Waals surface area contributed by atoms with Gasteiger partial charge in [-0.1, -0.05) is 5.92 Å². The van der Waals surface area contributed by atoms with Crippen LogP contribution in [-0.4, -0.2) is 27.5 Å². The number of esters is 1. The molecular weight excluding hydrogens is 268 g/mol. The van der Waals surface area contributed by atoms with Crippen molar-refractivity contribution >= 4 is 21.7 Å². The molecular formula is C12H14N2O4S. The summed E-state index contributed by atoms with van der Waals surface area (Å²) < 4.78 is 31.0. The summed E-state index contributed by atoms with van der Waals surface area (Å²) in [5, 5.41) is 0. The second-order valence-corrected chi connectivity index (χ2v) is 5.44. The lowest BCUT2D eigenvalue weighted by molar-refractivity contribution is 0.0596. The second-order valence-electron chi connectivity index (χ2n) is 3.76. The Balaban J connectivity index is 3.37. The third-order valence-corrected chi connectivity index (χ3v) is 3.86. The molecule has 19 heavy (non-hydrogen) atoms. The molecule has 0 aliphatic heterocycles. The van der Waals surface area contributed by atoms with E-state index in [9.17, 15) is 13.2 Å².